The second kappa shape index (κ2) is 10.8. The molecular formula is C28H32N6O3. The van der Waals surface area contributed by atoms with E-state index >= 15 is 0 Å². The molecule has 0 saturated carbocycles. The summed E-state index contributed by atoms with van der Waals surface area (Å²) >= 11 is 0. The number of benzene rings is 2. The van der Waals surface area contributed by atoms with Gasteiger partial charge in [0.1, 0.15) is 35.2 Å². The third kappa shape index (κ3) is 5.29. The first-order valence-electron chi connectivity index (χ1n) is 12.9. The third-order valence-corrected chi connectivity index (χ3v) is 7.00. The van der Waals surface area contributed by atoms with Crippen LogP contribution < -0.4 is 10.1 Å². The van der Waals surface area contributed by atoms with E-state index in [0.29, 0.717) is 5.65 Å². The number of hydrogen-bond donors (Lipinski definition) is 2. The van der Waals surface area contributed by atoms with Gasteiger partial charge in [-0.25, -0.2) is 15.0 Å². The number of nitrogens with zero attached hydrogens (tertiary/aromatic N) is 4. The number of nitrogens with one attached hydrogen (secondary N) is 2. The summed E-state index contributed by atoms with van der Waals surface area (Å²) in [6, 6.07) is 14.7. The molecule has 2 aliphatic heterocycles. The Bertz CT molecular complexity index is 1340. The molecule has 2 aromatic carbocycles. The number of anilines is 1. The minimum Gasteiger partial charge on any atom is -0.488 e. The largest absolute Gasteiger partial charge is 0.488 e. The first-order chi connectivity index (χ1) is 18.3. The van der Waals surface area contributed by atoms with E-state index in [2.05, 4.69) is 55.5 Å². The molecule has 9 nitrogen and oxygen atoms in total. The normalized spacial score (nSPS) is 17.2. The monoisotopic (exact) mass is 500 g/mol. The van der Waals surface area contributed by atoms with Crippen LogP contribution in [-0.4, -0.2) is 77.5 Å². The summed E-state index contributed by atoms with van der Waals surface area (Å²) in [6.45, 7) is 5.99. The Morgan fingerprint density at radius 2 is 1.73 bits per heavy atom. The Morgan fingerprint density at radius 3 is 2.51 bits per heavy atom. The van der Waals surface area contributed by atoms with E-state index in [-0.39, 0.29) is 6.10 Å². The molecule has 4 aromatic rings. The number of ether oxygens (including phenoxy) is 3. The fourth-order valence-corrected chi connectivity index (χ4v) is 4.91. The lowest BCUT2D eigenvalue weighted by Gasteiger charge is -2.26. The van der Waals surface area contributed by atoms with Gasteiger partial charge in [-0.1, -0.05) is 24.3 Å². The van der Waals surface area contributed by atoms with Crippen molar-refractivity contribution in [1.82, 2.24) is 24.8 Å². The molecular weight excluding hydrogens is 468 g/mol. The van der Waals surface area contributed by atoms with Crippen molar-refractivity contribution < 1.29 is 14.2 Å². The number of aromatic nitrogens is 4. The van der Waals surface area contributed by atoms with Crippen LogP contribution in [0.5, 0.6) is 5.75 Å². The van der Waals surface area contributed by atoms with E-state index in [1.165, 1.54) is 5.56 Å². The Kier molecular flexibility index (Phi) is 6.98. The van der Waals surface area contributed by atoms with Crippen LogP contribution in [-0.2, 0) is 16.0 Å². The Morgan fingerprint density at radius 1 is 0.973 bits per heavy atom. The zero-order chi connectivity index (χ0) is 25.0. The van der Waals surface area contributed by atoms with Crippen LogP contribution in [0.1, 0.15) is 18.4 Å². The summed E-state index contributed by atoms with van der Waals surface area (Å²) in [7, 11) is 1.90. The SMILES string of the molecule is CNc1cc(-c2ncnc3[nH]c(-c4ccc(CN5CCOCC5)cc4)nc23)ccc1OC1CCOCC1. The average Bonchev–Trinajstić information content (AvgIpc) is 3.39. The van der Waals surface area contributed by atoms with Crippen LogP contribution >= 0.6 is 0 Å². The predicted molar refractivity (Wildman–Crippen MR) is 143 cm³/mol. The number of hydrogen-bond acceptors (Lipinski definition) is 8. The van der Waals surface area contributed by atoms with Crippen LogP contribution in [0.25, 0.3) is 33.8 Å². The van der Waals surface area contributed by atoms with Crippen molar-refractivity contribution in [3.05, 3.63) is 54.4 Å². The zero-order valence-corrected chi connectivity index (χ0v) is 21.1. The molecule has 6 rings (SSSR count). The first-order valence-corrected chi connectivity index (χ1v) is 12.9. The third-order valence-electron chi connectivity index (χ3n) is 7.00. The number of fused-ring (bicyclic) bond motifs is 1. The van der Waals surface area contributed by atoms with Gasteiger partial charge in [-0.05, 0) is 23.8 Å². The lowest BCUT2D eigenvalue weighted by Crippen LogP contribution is -2.35. The maximum absolute atomic E-state index is 6.27. The smallest absolute Gasteiger partial charge is 0.161 e. The summed E-state index contributed by atoms with van der Waals surface area (Å²) in [5, 5.41) is 3.27. The Hall–Kier alpha value is -3.53. The van der Waals surface area contributed by atoms with Crippen LogP contribution in [0, 0.1) is 0 Å². The Balaban J connectivity index is 1.24. The van der Waals surface area contributed by atoms with Crippen LogP contribution in [0.15, 0.2) is 48.8 Å². The van der Waals surface area contributed by atoms with E-state index in [1.54, 1.807) is 6.33 Å². The summed E-state index contributed by atoms with van der Waals surface area (Å²) < 4.78 is 17.2. The summed E-state index contributed by atoms with van der Waals surface area (Å²) in [6.07, 6.45) is 3.56. The number of rotatable bonds is 7. The van der Waals surface area contributed by atoms with Crippen molar-refractivity contribution in [1.29, 1.82) is 0 Å². The van der Waals surface area contributed by atoms with E-state index in [4.69, 9.17) is 19.2 Å². The molecule has 9 heteroatoms. The number of aromatic amines is 1. The molecule has 2 N–H and O–H groups in total. The van der Waals surface area contributed by atoms with E-state index in [0.717, 1.165) is 98.5 Å². The van der Waals surface area contributed by atoms with E-state index in [1.807, 2.05) is 19.2 Å². The molecule has 2 aliphatic rings. The molecule has 2 fully saturated rings. The molecule has 192 valence electrons. The van der Waals surface area contributed by atoms with Crippen molar-refractivity contribution in [3.8, 4) is 28.4 Å². The summed E-state index contributed by atoms with van der Waals surface area (Å²) in [5.74, 6) is 1.62. The van der Waals surface area contributed by atoms with Crippen molar-refractivity contribution >= 4 is 16.9 Å². The van der Waals surface area contributed by atoms with Gasteiger partial charge in [-0.3, -0.25) is 4.90 Å². The van der Waals surface area contributed by atoms with Crippen LogP contribution in [0.3, 0.4) is 0 Å². The topological polar surface area (TPSA) is 97.4 Å². The predicted octanol–water partition coefficient (Wildman–Crippen LogP) is 4.12. The molecule has 0 radical (unpaired) electrons. The van der Waals surface area contributed by atoms with Gasteiger partial charge in [0.25, 0.3) is 0 Å². The van der Waals surface area contributed by atoms with Gasteiger partial charge in [-0.2, -0.15) is 0 Å². The zero-order valence-electron chi connectivity index (χ0n) is 21.1. The van der Waals surface area contributed by atoms with Crippen molar-refractivity contribution in [2.45, 2.75) is 25.5 Å². The summed E-state index contributed by atoms with van der Waals surface area (Å²) in [4.78, 5) is 19.7. The molecule has 0 amide bonds. The lowest BCUT2D eigenvalue weighted by atomic mass is 10.1. The van der Waals surface area contributed by atoms with Gasteiger partial charge in [-0.15, -0.1) is 0 Å². The number of morpholine rings is 1. The molecule has 2 saturated heterocycles. The average molecular weight is 501 g/mol. The van der Waals surface area contributed by atoms with E-state index < -0.39 is 0 Å². The second-order valence-electron chi connectivity index (χ2n) is 9.48. The summed E-state index contributed by atoms with van der Waals surface area (Å²) in [5.41, 5.74) is 6.42. The molecule has 37 heavy (non-hydrogen) atoms. The van der Waals surface area contributed by atoms with Crippen LogP contribution in [0.4, 0.5) is 5.69 Å². The molecule has 2 aromatic heterocycles. The molecule has 0 unspecified atom stereocenters. The maximum atomic E-state index is 6.27. The van der Waals surface area contributed by atoms with Gasteiger partial charge in [0.2, 0.25) is 0 Å². The molecule has 0 aliphatic carbocycles. The highest BCUT2D eigenvalue weighted by molar-refractivity contribution is 5.90. The van der Waals surface area contributed by atoms with Crippen molar-refractivity contribution in [2.24, 2.45) is 0 Å². The quantitative estimate of drug-likeness (QED) is 0.391. The Labute approximate surface area is 216 Å². The van der Waals surface area contributed by atoms with Gasteiger partial charge in [0.05, 0.1) is 32.1 Å². The standard InChI is InChI=1S/C28H32N6O3/c1-29-23-16-21(6-7-24(23)37-22-8-12-35-13-9-22)25-26-28(31-18-30-25)33-27(32-26)20-4-2-19(3-5-20)17-34-10-14-36-15-11-34/h2-7,16,18,22,29H,8-15,17H2,1H3,(H,30,31,32,33). The van der Waals surface area contributed by atoms with Crippen molar-refractivity contribution in [3.63, 3.8) is 0 Å². The molecule has 0 atom stereocenters. The maximum Gasteiger partial charge on any atom is 0.161 e. The van der Waals surface area contributed by atoms with E-state index in [9.17, 15) is 0 Å². The first kappa shape index (κ1) is 23.8. The molecule has 4 heterocycles. The fraction of sp³-hybridized carbons (Fsp3) is 0.393. The fourth-order valence-electron chi connectivity index (χ4n) is 4.91. The molecule has 0 spiro atoms. The lowest BCUT2D eigenvalue weighted by molar-refractivity contribution is 0.0258. The minimum atomic E-state index is 0.173. The van der Waals surface area contributed by atoms with Crippen LogP contribution in [0.2, 0.25) is 0 Å². The number of H-pyrrole nitrogens is 1. The molecule has 0 bridgehead atoms. The second-order valence-corrected chi connectivity index (χ2v) is 9.48. The van der Waals surface area contributed by atoms with Gasteiger partial charge >= 0.3 is 0 Å². The van der Waals surface area contributed by atoms with Gasteiger partial charge in [0, 0.05) is 50.7 Å². The highest BCUT2D eigenvalue weighted by Crippen LogP contribution is 2.34. The highest BCUT2D eigenvalue weighted by atomic mass is 16.5. The minimum absolute atomic E-state index is 0.173. The van der Waals surface area contributed by atoms with Gasteiger partial charge < -0.3 is 24.5 Å². The number of imidazole rings is 1. The van der Waals surface area contributed by atoms with Gasteiger partial charge in [0.15, 0.2) is 5.65 Å². The van der Waals surface area contributed by atoms with Crippen molar-refractivity contribution in [2.75, 3.05) is 51.9 Å². The highest BCUT2D eigenvalue weighted by Gasteiger charge is 2.19.